The Kier molecular flexibility index (Phi) is 4.61. The Balaban J connectivity index is 1.73. The van der Waals surface area contributed by atoms with Gasteiger partial charge in [-0.1, -0.05) is 26.0 Å². The van der Waals surface area contributed by atoms with Crippen molar-refractivity contribution in [3.63, 3.8) is 0 Å². The summed E-state index contributed by atoms with van der Waals surface area (Å²) in [6, 6.07) is 6.47. The van der Waals surface area contributed by atoms with E-state index in [0.717, 1.165) is 30.5 Å². The topological polar surface area (TPSA) is 81.4 Å². The Hall–Kier alpha value is -2.63. The molecular weight excluding hydrogens is 320 g/mol. The highest BCUT2D eigenvalue weighted by molar-refractivity contribution is 5.90. The zero-order valence-corrected chi connectivity index (χ0v) is 14.5. The Morgan fingerprint density at radius 1 is 1.36 bits per heavy atom. The monoisotopic (exact) mass is 342 g/mol. The van der Waals surface area contributed by atoms with E-state index in [2.05, 4.69) is 18.8 Å². The molecule has 1 aliphatic carbocycles. The van der Waals surface area contributed by atoms with Crippen molar-refractivity contribution in [2.24, 2.45) is 5.41 Å². The number of carboxylic acid groups (broad SMARTS) is 1. The van der Waals surface area contributed by atoms with E-state index in [0.29, 0.717) is 12.3 Å². The van der Waals surface area contributed by atoms with E-state index in [4.69, 9.17) is 9.84 Å². The van der Waals surface area contributed by atoms with Crippen LogP contribution in [0.5, 0.6) is 5.75 Å². The Labute approximate surface area is 146 Å². The molecule has 132 valence electrons. The average Bonchev–Trinajstić information content (AvgIpc) is 2.57. The van der Waals surface area contributed by atoms with Crippen molar-refractivity contribution in [1.82, 2.24) is 9.55 Å². The van der Waals surface area contributed by atoms with Gasteiger partial charge in [0.05, 0.1) is 18.6 Å². The molecule has 6 heteroatoms. The third-order valence-electron chi connectivity index (χ3n) is 4.62. The molecule has 3 rings (SSSR count). The van der Waals surface area contributed by atoms with Crippen LogP contribution in [0.1, 0.15) is 41.9 Å². The molecule has 0 radical (unpaired) electrons. The van der Waals surface area contributed by atoms with Crippen LogP contribution >= 0.6 is 0 Å². The van der Waals surface area contributed by atoms with Gasteiger partial charge in [0, 0.05) is 5.56 Å². The second-order valence-electron chi connectivity index (χ2n) is 7.16. The normalized spacial score (nSPS) is 15.4. The number of ether oxygens (including phenoxy) is 1. The standard InChI is InChI=1S/C19H22N2O4/c1-19(2)8-7-15-14(11-19)17(22)21(12-20-15)9-10-25-16-6-4-3-5-13(16)18(23)24/h3-6,12H,7-11H2,1-2H3,(H,23,24). The summed E-state index contributed by atoms with van der Waals surface area (Å²) in [5, 5.41) is 9.16. The van der Waals surface area contributed by atoms with Crippen molar-refractivity contribution in [2.75, 3.05) is 6.61 Å². The summed E-state index contributed by atoms with van der Waals surface area (Å²) in [5.41, 5.74) is 1.90. The third-order valence-corrected chi connectivity index (χ3v) is 4.62. The maximum atomic E-state index is 12.7. The SMILES string of the molecule is CC1(C)CCc2ncn(CCOc3ccccc3C(=O)O)c(=O)c2C1. The van der Waals surface area contributed by atoms with Crippen LogP contribution in [0.3, 0.4) is 0 Å². The summed E-state index contributed by atoms with van der Waals surface area (Å²) < 4.78 is 7.12. The van der Waals surface area contributed by atoms with Crippen LogP contribution < -0.4 is 10.3 Å². The number of aromatic nitrogens is 2. The van der Waals surface area contributed by atoms with Crippen LogP contribution in [-0.4, -0.2) is 27.2 Å². The molecule has 0 saturated heterocycles. The molecule has 0 unspecified atom stereocenters. The van der Waals surface area contributed by atoms with E-state index < -0.39 is 5.97 Å². The number of rotatable bonds is 5. The Morgan fingerprint density at radius 3 is 2.88 bits per heavy atom. The van der Waals surface area contributed by atoms with Crippen molar-refractivity contribution in [3.8, 4) is 5.75 Å². The highest BCUT2D eigenvalue weighted by atomic mass is 16.5. The van der Waals surface area contributed by atoms with E-state index in [-0.39, 0.29) is 23.1 Å². The summed E-state index contributed by atoms with van der Waals surface area (Å²) in [6.45, 7) is 4.86. The van der Waals surface area contributed by atoms with Gasteiger partial charge in [0.15, 0.2) is 0 Å². The second-order valence-corrected chi connectivity index (χ2v) is 7.16. The van der Waals surface area contributed by atoms with Gasteiger partial charge in [-0.2, -0.15) is 0 Å². The molecule has 1 aromatic carbocycles. The minimum absolute atomic E-state index is 0.0205. The van der Waals surface area contributed by atoms with Gasteiger partial charge in [-0.15, -0.1) is 0 Å². The van der Waals surface area contributed by atoms with Crippen molar-refractivity contribution >= 4 is 5.97 Å². The van der Waals surface area contributed by atoms with Gasteiger partial charge in [0.25, 0.3) is 5.56 Å². The lowest BCUT2D eigenvalue weighted by atomic mass is 9.76. The smallest absolute Gasteiger partial charge is 0.339 e. The van der Waals surface area contributed by atoms with Gasteiger partial charge < -0.3 is 9.84 Å². The molecule has 25 heavy (non-hydrogen) atoms. The average molecular weight is 342 g/mol. The minimum Gasteiger partial charge on any atom is -0.491 e. The lowest BCUT2D eigenvalue weighted by molar-refractivity contribution is 0.0692. The first-order valence-corrected chi connectivity index (χ1v) is 8.40. The van der Waals surface area contributed by atoms with Crippen molar-refractivity contribution in [1.29, 1.82) is 0 Å². The quantitative estimate of drug-likeness (QED) is 0.903. The molecule has 0 aliphatic heterocycles. The highest BCUT2D eigenvalue weighted by Gasteiger charge is 2.28. The van der Waals surface area contributed by atoms with Crippen LogP contribution in [0, 0.1) is 5.41 Å². The molecule has 1 N–H and O–H groups in total. The van der Waals surface area contributed by atoms with Gasteiger partial charge in [0.1, 0.15) is 17.9 Å². The molecule has 0 saturated carbocycles. The van der Waals surface area contributed by atoms with Gasteiger partial charge >= 0.3 is 5.97 Å². The zero-order valence-electron chi connectivity index (χ0n) is 14.5. The first kappa shape index (κ1) is 17.2. The van der Waals surface area contributed by atoms with E-state index in [1.165, 1.54) is 6.07 Å². The number of para-hydroxylation sites is 1. The first-order valence-electron chi connectivity index (χ1n) is 8.40. The lowest BCUT2D eigenvalue weighted by Crippen LogP contribution is -2.34. The molecule has 0 bridgehead atoms. The Morgan fingerprint density at radius 2 is 2.12 bits per heavy atom. The summed E-state index contributed by atoms with van der Waals surface area (Å²) in [4.78, 5) is 28.3. The number of hydrogen-bond acceptors (Lipinski definition) is 4. The first-order chi connectivity index (χ1) is 11.9. The zero-order chi connectivity index (χ0) is 18.0. The predicted molar refractivity (Wildman–Crippen MR) is 93.2 cm³/mol. The van der Waals surface area contributed by atoms with Crippen LogP contribution in [0.2, 0.25) is 0 Å². The highest BCUT2D eigenvalue weighted by Crippen LogP contribution is 2.32. The minimum atomic E-state index is -1.04. The Bertz CT molecular complexity index is 855. The van der Waals surface area contributed by atoms with E-state index in [1.54, 1.807) is 29.1 Å². The summed E-state index contributed by atoms with van der Waals surface area (Å²) in [5.74, 6) is -0.736. The van der Waals surface area contributed by atoms with E-state index in [1.807, 2.05) is 0 Å². The number of hydrogen-bond donors (Lipinski definition) is 1. The van der Waals surface area contributed by atoms with Gasteiger partial charge in [0.2, 0.25) is 0 Å². The largest absolute Gasteiger partial charge is 0.491 e. The van der Waals surface area contributed by atoms with Crippen molar-refractivity contribution in [3.05, 3.63) is 57.8 Å². The molecule has 1 aliphatic rings. The van der Waals surface area contributed by atoms with Crippen LogP contribution in [0.15, 0.2) is 35.4 Å². The number of benzene rings is 1. The molecule has 0 atom stereocenters. The lowest BCUT2D eigenvalue weighted by Gasteiger charge is -2.30. The molecule has 0 fully saturated rings. The fourth-order valence-corrected chi connectivity index (χ4v) is 3.17. The van der Waals surface area contributed by atoms with Crippen LogP contribution in [0.4, 0.5) is 0 Å². The van der Waals surface area contributed by atoms with Gasteiger partial charge in [-0.25, -0.2) is 9.78 Å². The second kappa shape index (κ2) is 6.70. The van der Waals surface area contributed by atoms with E-state index >= 15 is 0 Å². The predicted octanol–water partition coefficient (Wildman–Crippen LogP) is 2.54. The fourth-order valence-electron chi connectivity index (χ4n) is 3.17. The molecule has 6 nitrogen and oxygen atoms in total. The molecule has 2 aromatic rings. The number of aromatic carboxylic acids is 1. The fraction of sp³-hybridized carbons (Fsp3) is 0.421. The van der Waals surface area contributed by atoms with Crippen molar-refractivity contribution < 1.29 is 14.6 Å². The van der Waals surface area contributed by atoms with Crippen LogP contribution in [0.25, 0.3) is 0 Å². The molecule has 0 amide bonds. The van der Waals surface area contributed by atoms with Crippen LogP contribution in [-0.2, 0) is 19.4 Å². The maximum Gasteiger partial charge on any atom is 0.339 e. The summed E-state index contributed by atoms with van der Waals surface area (Å²) in [6.07, 6.45) is 4.16. The molecule has 0 spiro atoms. The molecular formula is C19H22N2O4. The summed E-state index contributed by atoms with van der Waals surface area (Å²) >= 11 is 0. The van der Waals surface area contributed by atoms with Crippen molar-refractivity contribution in [2.45, 2.75) is 39.7 Å². The van der Waals surface area contributed by atoms with Gasteiger partial charge in [-0.3, -0.25) is 9.36 Å². The number of aryl methyl sites for hydroxylation is 1. The number of carbonyl (C=O) groups is 1. The maximum absolute atomic E-state index is 12.7. The number of nitrogens with zero attached hydrogens (tertiary/aromatic N) is 2. The molecule has 1 heterocycles. The number of carboxylic acids is 1. The number of fused-ring (bicyclic) bond motifs is 1. The molecule has 1 aromatic heterocycles. The summed E-state index contributed by atoms with van der Waals surface area (Å²) in [7, 11) is 0. The third kappa shape index (κ3) is 3.73. The van der Waals surface area contributed by atoms with Gasteiger partial charge in [-0.05, 0) is 36.8 Å². The van der Waals surface area contributed by atoms with E-state index in [9.17, 15) is 9.59 Å².